The van der Waals surface area contributed by atoms with Crippen LogP contribution in [0, 0.1) is 32.4 Å². The second-order valence-electron chi connectivity index (χ2n) is 7.77. The van der Waals surface area contributed by atoms with Crippen LogP contribution in [0.2, 0.25) is 0 Å². The summed E-state index contributed by atoms with van der Waals surface area (Å²) in [5, 5.41) is 16.9. The number of aryl methyl sites for hydroxylation is 3. The molecule has 0 saturated carbocycles. The Morgan fingerprint density at radius 2 is 1.91 bits per heavy atom. The van der Waals surface area contributed by atoms with E-state index in [1.807, 2.05) is 6.92 Å². The van der Waals surface area contributed by atoms with Gasteiger partial charge in [0.25, 0.3) is 5.91 Å². The molecular weight excluding hydrogens is 432 g/mol. The highest BCUT2D eigenvalue weighted by molar-refractivity contribution is 6.02. The van der Waals surface area contributed by atoms with Gasteiger partial charge in [0.05, 0.1) is 28.9 Å². The Kier molecular flexibility index (Phi) is 6.15. The van der Waals surface area contributed by atoms with E-state index in [0.29, 0.717) is 28.3 Å². The number of nitrogens with one attached hydrogen (secondary N) is 1. The molecule has 2 N–H and O–H groups in total. The number of aromatic nitrogens is 2. The third kappa shape index (κ3) is 4.45. The number of halogens is 2. The molecule has 4 rings (SSSR count). The van der Waals surface area contributed by atoms with Gasteiger partial charge in [-0.1, -0.05) is 6.07 Å². The Labute approximate surface area is 188 Å². The molecular formula is C24H23F2N3O4. The van der Waals surface area contributed by atoms with Crippen LogP contribution in [0.5, 0.6) is 5.88 Å². The predicted octanol–water partition coefficient (Wildman–Crippen LogP) is 4.17. The Balaban J connectivity index is 1.66. The van der Waals surface area contributed by atoms with E-state index in [9.17, 15) is 18.7 Å². The molecule has 1 unspecified atom stereocenters. The molecule has 1 aromatic carbocycles. The average molecular weight is 455 g/mol. The summed E-state index contributed by atoms with van der Waals surface area (Å²) in [7, 11) is 0. The Bertz CT molecular complexity index is 1310. The highest BCUT2D eigenvalue weighted by atomic mass is 19.1. The van der Waals surface area contributed by atoms with Gasteiger partial charge in [0.2, 0.25) is 5.88 Å². The van der Waals surface area contributed by atoms with Crippen molar-refractivity contribution < 1.29 is 27.8 Å². The number of carbonyl (C=O) groups is 1. The number of hydrogen-bond donors (Lipinski definition) is 2. The summed E-state index contributed by atoms with van der Waals surface area (Å²) in [5.74, 6) is -0.543. The summed E-state index contributed by atoms with van der Waals surface area (Å²) in [5.41, 5.74) is 1.74. The van der Waals surface area contributed by atoms with Crippen molar-refractivity contribution in [2.75, 3.05) is 6.61 Å². The number of pyridine rings is 1. The second kappa shape index (κ2) is 9.03. The summed E-state index contributed by atoms with van der Waals surface area (Å²) in [6, 6.07) is 9.74. The minimum Gasteiger partial charge on any atom is -0.473 e. The molecule has 1 atom stereocenters. The standard InChI is InChI=1S/C24H23F2N3O4/c1-13-9-20-23(24(31)27-19(11-30)21-8-7-14(2)33-21)15(3)28-29(20)22(10-13)32-12-16-17(25)5-4-6-18(16)26/h4-10,19,30H,11-12H2,1-3H3,(H,27,31). The fourth-order valence-electron chi connectivity index (χ4n) is 3.64. The third-order valence-corrected chi connectivity index (χ3v) is 5.27. The van der Waals surface area contributed by atoms with Gasteiger partial charge in [-0.3, -0.25) is 4.79 Å². The van der Waals surface area contributed by atoms with Crippen LogP contribution in [-0.4, -0.2) is 27.2 Å². The lowest BCUT2D eigenvalue weighted by Crippen LogP contribution is -2.30. The molecule has 4 aromatic rings. The SMILES string of the molecule is Cc1cc(OCc2c(F)cccc2F)n2nc(C)c(C(=O)NC(CO)c3ccc(C)o3)c2c1. The number of rotatable bonds is 7. The maximum absolute atomic E-state index is 14.0. The van der Waals surface area contributed by atoms with Crippen molar-refractivity contribution in [3.05, 3.63) is 88.0 Å². The van der Waals surface area contributed by atoms with Crippen molar-refractivity contribution in [2.24, 2.45) is 0 Å². The third-order valence-electron chi connectivity index (χ3n) is 5.27. The van der Waals surface area contributed by atoms with Crippen molar-refractivity contribution >= 4 is 11.4 Å². The monoisotopic (exact) mass is 455 g/mol. The Morgan fingerprint density at radius 3 is 2.55 bits per heavy atom. The van der Waals surface area contributed by atoms with Crippen LogP contribution in [-0.2, 0) is 6.61 Å². The van der Waals surface area contributed by atoms with Crippen molar-refractivity contribution in [1.29, 1.82) is 0 Å². The van der Waals surface area contributed by atoms with Gasteiger partial charge in [0.1, 0.15) is 35.8 Å². The molecule has 0 aliphatic heterocycles. The number of aliphatic hydroxyl groups is 1. The average Bonchev–Trinajstić information content (AvgIpc) is 3.34. The molecule has 0 aliphatic carbocycles. The van der Waals surface area contributed by atoms with Crippen molar-refractivity contribution in [3.8, 4) is 5.88 Å². The van der Waals surface area contributed by atoms with Gasteiger partial charge in [0, 0.05) is 6.07 Å². The van der Waals surface area contributed by atoms with Gasteiger partial charge in [-0.2, -0.15) is 9.61 Å². The van der Waals surface area contributed by atoms with E-state index >= 15 is 0 Å². The first-order chi connectivity index (χ1) is 15.8. The van der Waals surface area contributed by atoms with Gasteiger partial charge < -0.3 is 19.6 Å². The van der Waals surface area contributed by atoms with E-state index in [-0.39, 0.29) is 24.7 Å². The summed E-state index contributed by atoms with van der Waals surface area (Å²) in [4.78, 5) is 13.1. The molecule has 0 aliphatic rings. The first kappa shape index (κ1) is 22.5. The lowest BCUT2D eigenvalue weighted by molar-refractivity contribution is 0.0908. The molecule has 0 saturated heterocycles. The lowest BCUT2D eigenvalue weighted by atomic mass is 10.1. The lowest BCUT2D eigenvalue weighted by Gasteiger charge is -2.14. The number of furan rings is 1. The van der Waals surface area contributed by atoms with E-state index in [1.165, 1.54) is 10.6 Å². The molecule has 33 heavy (non-hydrogen) atoms. The number of ether oxygens (including phenoxy) is 1. The van der Waals surface area contributed by atoms with Crippen molar-refractivity contribution in [2.45, 2.75) is 33.4 Å². The number of amides is 1. The zero-order chi connectivity index (χ0) is 23.7. The molecule has 3 aromatic heterocycles. The summed E-state index contributed by atoms with van der Waals surface area (Å²) in [6.07, 6.45) is 0. The van der Waals surface area contributed by atoms with Crippen molar-refractivity contribution in [3.63, 3.8) is 0 Å². The van der Waals surface area contributed by atoms with E-state index in [1.54, 1.807) is 38.1 Å². The topological polar surface area (TPSA) is 89.0 Å². The number of fused-ring (bicyclic) bond motifs is 1. The van der Waals surface area contributed by atoms with Crippen LogP contribution in [0.4, 0.5) is 8.78 Å². The molecule has 1 amide bonds. The van der Waals surface area contributed by atoms with Crippen molar-refractivity contribution in [1.82, 2.24) is 14.9 Å². The maximum Gasteiger partial charge on any atom is 0.256 e. The normalized spacial score (nSPS) is 12.2. The van der Waals surface area contributed by atoms with Gasteiger partial charge >= 0.3 is 0 Å². The van der Waals surface area contributed by atoms with E-state index < -0.39 is 23.6 Å². The smallest absolute Gasteiger partial charge is 0.256 e. The van der Waals surface area contributed by atoms with Gasteiger partial charge in [0.15, 0.2) is 0 Å². The molecule has 0 radical (unpaired) electrons. The number of benzene rings is 1. The first-order valence-corrected chi connectivity index (χ1v) is 10.3. The minimum absolute atomic E-state index is 0.200. The van der Waals surface area contributed by atoms with E-state index in [2.05, 4.69) is 10.4 Å². The molecule has 172 valence electrons. The van der Waals surface area contributed by atoms with E-state index in [4.69, 9.17) is 9.15 Å². The first-order valence-electron chi connectivity index (χ1n) is 10.3. The van der Waals surface area contributed by atoms with E-state index in [0.717, 1.165) is 17.7 Å². The quantitative estimate of drug-likeness (QED) is 0.437. The molecule has 3 heterocycles. The minimum atomic E-state index is -0.731. The van der Waals surface area contributed by atoms with Crippen LogP contribution >= 0.6 is 0 Å². The van der Waals surface area contributed by atoms with Crippen LogP contribution < -0.4 is 10.1 Å². The van der Waals surface area contributed by atoms with Gasteiger partial charge in [-0.05, 0) is 56.7 Å². The zero-order valence-corrected chi connectivity index (χ0v) is 18.4. The summed E-state index contributed by atoms with van der Waals surface area (Å²) in [6.45, 7) is 4.55. The summed E-state index contributed by atoms with van der Waals surface area (Å²) < 4.78 is 40.6. The summed E-state index contributed by atoms with van der Waals surface area (Å²) >= 11 is 0. The molecule has 0 bridgehead atoms. The maximum atomic E-state index is 14.0. The van der Waals surface area contributed by atoms with Crippen LogP contribution in [0.15, 0.2) is 46.9 Å². The number of hydrogen-bond acceptors (Lipinski definition) is 5. The molecule has 0 fully saturated rings. The Hall–Kier alpha value is -3.72. The second-order valence-corrected chi connectivity index (χ2v) is 7.77. The Morgan fingerprint density at radius 1 is 1.18 bits per heavy atom. The fraction of sp³-hybridized carbons (Fsp3) is 0.250. The highest BCUT2D eigenvalue weighted by Gasteiger charge is 2.24. The highest BCUT2D eigenvalue weighted by Crippen LogP contribution is 2.26. The predicted molar refractivity (Wildman–Crippen MR) is 116 cm³/mol. The van der Waals surface area contributed by atoms with Crippen LogP contribution in [0.25, 0.3) is 5.52 Å². The van der Waals surface area contributed by atoms with Gasteiger partial charge in [-0.25, -0.2) is 8.78 Å². The van der Waals surface area contributed by atoms with Crippen LogP contribution in [0.1, 0.15) is 44.7 Å². The largest absolute Gasteiger partial charge is 0.473 e. The fourth-order valence-corrected chi connectivity index (χ4v) is 3.64. The van der Waals surface area contributed by atoms with Crippen LogP contribution in [0.3, 0.4) is 0 Å². The number of aliphatic hydroxyl groups excluding tert-OH is 1. The molecule has 0 spiro atoms. The van der Waals surface area contributed by atoms with Gasteiger partial charge in [-0.15, -0.1) is 0 Å². The molecule has 9 heteroatoms. The molecule has 7 nitrogen and oxygen atoms in total. The number of nitrogens with zero attached hydrogens (tertiary/aromatic N) is 2. The zero-order valence-electron chi connectivity index (χ0n) is 18.4. The number of carbonyl (C=O) groups excluding carboxylic acids is 1.